The summed E-state index contributed by atoms with van der Waals surface area (Å²) in [7, 11) is -0.0777. The lowest BCUT2D eigenvalue weighted by atomic mass is 10.1. The molecule has 0 saturated carbocycles. The lowest BCUT2D eigenvalue weighted by Crippen LogP contribution is -2.43. The summed E-state index contributed by atoms with van der Waals surface area (Å²) in [5.74, 6) is -2.06. The molecule has 2 aromatic rings. The number of nitrogens with zero attached hydrogens (tertiary/aromatic N) is 2. The third-order valence-corrected chi connectivity index (χ3v) is 6.03. The first-order valence-electron chi connectivity index (χ1n) is 9.24. The molecule has 174 valence electrons. The van der Waals surface area contributed by atoms with Gasteiger partial charge in [-0.2, -0.15) is 13.2 Å². The molecular formula is C20H23F3N4O4S. The van der Waals surface area contributed by atoms with Crippen LogP contribution in [0.25, 0.3) is 0 Å². The predicted octanol–water partition coefficient (Wildman–Crippen LogP) is 2.68. The smallest absolute Gasteiger partial charge is 0.368 e. The lowest BCUT2D eigenvalue weighted by molar-refractivity contribution is -0.137. The minimum absolute atomic E-state index is 0.00656. The first-order chi connectivity index (χ1) is 14.7. The molecule has 0 fully saturated rings. The summed E-state index contributed by atoms with van der Waals surface area (Å²) in [6.45, 7) is 1.84. The van der Waals surface area contributed by atoms with Crippen LogP contribution in [0.3, 0.4) is 0 Å². The zero-order valence-electron chi connectivity index (χ0n) is 17.6. The van der Waals surface area contributed by atoms with E-state index in [0.717, 1.165) is 18.2 Å². The van der Waals surface area contributed by atoms with Crippen molar-refractivity contribution in [1.82, 2.24) is 9.96 Å². The van der Waals surface area contributed by atoms with Gasteiger partial charge in [0, 0.05) is 12.1 Å². The van der Waals surface area contributed by atoms with Gasteiger partial charge < -0.3 is 15.5 Å². The number of halogens is 3. The van der Waals surface area contributed by atoms with Crippen LogP contribution in [0, 0.1) is 12.3 Å². The third-order valence-electron chi connectivity index (χ3n) is 4.34. The number of nitrogens with two attached hydrogens (primary N) is 1. The number of hydroxylamine groups is 2. The van der Waals surface area contributed by atoms with Crippen molar-refractivity contribution in [2.24, 2.45) is 5.73 Å². The summed E-state index contributed by atoms with van der Waals surface area (Å²) in [4.78, 5) is 19.8. The van der Waals surface area contributed by atoms with Crippen LogP contribution in [0.1, 0.15) is 21.5 Å². The molecule has 0 radical (unpaired) electrons. The number of carbonyl (C=O) groups excluding carboxylic acids is 1. The summed E-state index contributed by atoms with van der Waals surface area (Å²) in [5.41, 5.74) is 4.28. The molecule has 0 aliphatic carbocycles. The Bertz CT molecular complexity index is 1120. The number of benzene rings is 2. The standard InChI is InChI=1S/C20H23F3N4O4S/c1-13-11-16(32(29,30)10-9-26(2)3)7-8-17(13)31-27(19(24)25)18(28)14-5-4-6-15(12-14)20(21,22)23/h4-8,11-12H,9-10H2,1-3H3,(H3,24,25). The van der Waals surface area contributed by atoms with Crippen molar-refractivity contribution in [1.29, 1.82) is 5.41 Å². The number of hydrogen-bond acceptors (Lipinski definition) is 6. The Morgan fingerprint density at radius 3 is 2.34 bits per heavy atom. The Morgan fingerprint density at radius 2 is 1.81 bits per heavy atom. The summed E-state index contributed by atoms with van der Waals surface area (Å²) in [5, 5.41) is 7.93. The number of hydrogen-bond donors (Lipinski definition) is 2. The number of guanidine groups is 1. The fourth-order valence-corrected chi connectivity index (χ4v) is 4.06. The molecule has 0 aliphatic heterocycles. The van der Waals surface area contributed by atoms with E-state index in [0.29, 0.717) is 23.2 Å². The normalized spacial score (nSPS) is 12.0. The fourth-order valence-electron chi connectivity index (χ4n) is 2.58. The Hall–Kier alpha value is -3.12. The molecule has 1 amide bonds. The predicted molar refractivity (Wildman–Crippen MR) is 112 cm³/mol. The molecule has 0 atom stereocenters. The van der Waals surface area contributed by atoms with E-state index in [1.165, 1.54) is 25.1 Å². The van der Waals surface area contributed by atoms with Gasteiger partial charge in [-0.3, -0.25) is 10.2 Å². The van der Waals surface area contributed by atoms with Gasteiger partial charge in [0.1, 0.15) is 0 Å². The molecule has 2 aromatic carbocycles. The Kier molecular flexibility index (Phi) is 7.52. The zero-order chi connectivity index (χ0) is 24.3. The molecular weight excluding hydrogens is 449 g/mol. The van der Waals surface area contributed by atoms with Crippen LogP contribution in [0.5, 0.6) is 5.75 Å². The molecule has 0 heterocycles. The Balaban J connectivity index is 2.31. The van der Waals surface area contributed by atoms with Gasteiger partial charge in [-0.1, -0.05) is 6.07 Å². The average Bonchev–Trinajstić information content (AvgIpc) is 2.70. The molecule has 0 aromatic heterocycles. The second-order valence-electron chi connectivity index (χ2n) is 7.20. The zero-order valence-corrected chi connectivity index (χ0v) is 18.4. The number of nitrogens with one attached hydrogen (secondary N) is 1. The highest BCUT2D eigenvalue weighted by molar-refractivity contribution is 7.91. The van der Waals surface area contributed by atoms with E-state index in [1.54, 1.807) is 19.0 Å². The molecule has 2 rings (SSSR count). The maximum atomic E-state index is 12.9. The lowest BCUT2D eigenvalue weighted by Gasteiger charge is -2.22. The van der Waals surface area contributed by atoms with Crippen molar-refractivity contribution in [3.05, 3.63) is 59.2 Å². The second kappa shape index (κ2) is 9.57. The van der Waals surface area contributed by atoms with Gasteiger partial charge in [-0.05, 0) is 63.0 Å². The maximum absolute atomic E-state index is 12.9. The maximum Gasteiger partial charge on any atom is 0.416 e. The molecule has 0 unspecified atom stereocenters. The van der Waals surface area contributed by atoms with E-state index in [4.69, 9.17) is 16.0 Å². The van der Waals surface area contributed by atoms with Crippen LogP contribution in [0.2, 0.25) is 0 Å². The molecule has 8 nitrogen and oxygen atoms in total. The molecule has 0 spiro atoms. The van der Waals surface area contributed by atoms with Crippen LogP contribution in [-0.2, 0) is 16.0 Å². The molecule has 12 heteroatoms. The number of sulfone groups is 1. The number of amides is 1. The quantitative estimate of drug-likeness (QED) is 0.364. The number of rotatable bonds is 7. The van der Waals surface area contributed by atoms with Crippen molar-refractivity contribution in [2.45, 2.75) is 18.0 Å². The van der Waals surface area contributed by atoms with E-state index in [2.05, 4.69) is 0 Å². The monoisotopic (exact) mass is 472 g/mol. The fraction of sp³-hybridized carbons (Fsp3) is 0.300. The van der Waals surface area contributed by atoms with Gasteiger partial charge >= 0.3 is 6.18 Å². The molecule has 32 heavy (non-hydrogen) atoms. The highest BCUT2D eigenvalue weighted by Crippen LogP contribution is 2.30. The molecule has 0 bridgehead atoms. The van der Waals surface area contributed by atoms with Crippen molar-refractivity contribution in [2.75, 3.05) is 26.4 Å². The highest BCUT2D eigenvalue weighted by atomic mass is 32.2. The minimum Gasteiger partial charge on any atom is -0.368 e. The first-order valence-corrected chi connectivity index (χ1v) is 10.9. The summed E-state index contributed by atoms with van der Waals surface area (Å²) in [6, 6.07) is 7.50. The van der Waals surface area contributed by atoms with Crippen LogP contribution >= 0.6 is 0 Å². The average molecular weight is 472 g/mol. The first kappa shape index (κ1) is 25.1. The van der Waals surface area contributed by atoms with Crippen LogP contribution < -0.4 is 10.6 Å². The second-order valence-corrected chi connectivity index (χ2v) is 9.31. The summed E-state index contributed by atoms with van der Waals surface area (Å²) in [6.07, 6.45) is -4.66. The van der Waals surface area contributed by atoms with E-state index in [-0.39, 0.29) is 16.4 Å². The van der Waals surface area contributed by atoms with Crippen LogP contribution in [0.4, 0.5) is 13.2 Å². The number of aryl methyl sites for hydroxylation is 1. The van der Waals surface area contributed by atoms with Crippen molar-refractivity contribution < 1.29 is 31.2 Å². The van der Waals surface area contributed by atoms with Crippen molar-refractivity contribution in [3.63, 3.8) is 0 Å². The van der Waals surface area contributed by atoms with Crippen molar-refractivity contribution >= 4 is 21.7 Å². The number of alkyl halides is 3. The van der Waals surface area contributed by atoms with Gasteiger partial charge in [0.2, 0.25) is 5.96 Å². The van der Waals surface area contributed by atoms with Gasteiger partial charge in [0.05, 0.1) is 16.2 Å². The third kappa shape index (κ3) is 6.20. The molecule has 3 N–H and O–H groups in total. The highest BCUT2D eigenvalue weighted by Gasteiger charge is 2.32. The number of carbonyl (C=O) groups is 1. The topological polar surface area (TPSA) is 117 Å². The SMILES string of the molecule is Cc1cc(S(=O)(=O)CCN(C)C)ccc1ON(C(=N)N)C(=O)c1cccc(C(F)(F)F)c1. The largest absolute Gasteiger partial charge is 0.416 e. The van der Waals surface area contributed by atoms with Crippen LogP contribution in [0.15, 0.2) is 47.4 Å². The molecule has 0 saturated heterocycles. The van der Waals surface area contributed by atoms with Gasteiger partial charge in [-0.15, -0.1) is 5.06 Å². The summed E-state index contributed by atoms with van der Waals surface area (Å²) < 4.78 is 63.8. The summed E-state index contributed by atoms with van der Waals surface area (Å²) >= 11 is 0. The van der Waals surface area contributed by atoms with Crippen LogP contribution in [-0.4, -0.2) is 56.6 Å². The minimum atomic E-state index is -4.66. The van der Waals surface area contributed by atoms with E-state index in [1.807, 2.05) is 0 Å². The van der Waals surface area contributed by atoms with E-state index >= 15 is 0 Å². The van der Waals surface area contributed by atoms with Gasteiger partial charge in [0.15, 0.2) is 15.6 Å². The van der Waals surface area contributed by atoms with Gasteiger partial charge in [-0.25, -0.2) is 8.42 Å². The van der Waals surface area contributed by atoms with Gasteiger partial charge in [0.25, 0.3) is 5.91 Å². The Morgan fingerprint density at radius 1 is 1.16 bits per heavy atom. The van der Waals surface area contributed by atoms with E-state index in [9.17, 15) is 26.4 Å². The molecule has 0 aliphatic rings. The Labute approximate surface area is 183 Å². The van der Waals surface area contributed by atoms with E-state index < -0.39 is 39.0 Å². The van der Waals surface area contributed by atoms with Crippen molar-refractivity contribution in [3.8, 4) is 5.75 Å².